The summed E-state index contributed by atoms with van der Waals surface area (Å²) >= 11 is 7.61. The average molecular weight is 268 g/mol. The number of nitrogens with one attached hydrogen (secondary N) is 1. The Morgan fingerprint density at radius 1 is 1.41 bits per heavy atom. The molecule has 17 heavy (non-hydrogen) atoms. The molecule has 2 aromatic rings. The van der Waals surface area contributed by atoms with Crippen molar-refractivity contribution in [3.8, 4) is 0 Å². The minimum Gasteiger partial charge on any atom is -0.386 e. The quantitative estimate of drug-likeness (QED) is 0.882. The van der Waals surface area contributed by atoms with Crippen LogP contribution in [0.4, 0.5) is 5.69 Å². The van der Waals surface area contributed by atoms with Gasteiger partial charge in [0.15, 0.2) is 0 Å². The summed E-state index contributed by atoms with van der Waals surface area (Å²) in [6.45, 7) is 2.47. The lowest BCUT2D eigenvalue weighted by molar-refractivity contribution is 0.195. The molecular weight excluding hydrogens is 254 g/mol. The Balaban J connectivity index is 2.00. The fourth-order valence-corrected chi connectivity index (χ4v) is 2.46. The van der Waals surface area contributed by atoms with Gasteiger partial charge in [-0.1, -0.05) is 23.7 Å². The van der Waals surface area contributed by atoms with E-state index in [0.29, 0.717) is 11.6 Å². The molecule has 2 nitrogen and oxygen atoms in total. The number of halogens is 1. The Morgan fingerprint density at radius 2 is 2.24 bits per heavy atom. The van der Waals surface area contributed by atoms with Gasteiger partial charge in [-0.15, -0.1) is 11.3 Å². The van der Waals surface area contributed by atoms with Crippen LogP contribution < -0.4 is 5.32 Å². The van der Waals surface area contributed by atoms with Crippen LogP contribution in [0.1, 0.15) is 16.5 Å². The van der Waals surface area contributed by atoms with Gasteiger partial charge in [0, 0.05) is 11.4 Å². The molecule has 0 fully saturated rings. The minimum atomic E-state index is -0.494. The van der Waals surface area contributed by atoms with Crippen molar-refractivity contribution in [1.29, 1.82) is 0 Å². The van der Waals surface area contributed by atoms with Gasteiger partial charge in [0.1, 0.15) is 6.10 Å². The van der Waals surface area contributed by atoms with Crippen LogP contribution in [0.25, 0.3) is 0 Å². The lowest BCUT2D eigenvalue weighted by Crippen LogP contribution is -2.11. The number of aliphatic hydroxyl groups is 1. The van der Waals surface area contributed by atoms with E-state index >= 15 is 0 Å². The summed E-state index contributed by atoms with van der Waals surface area (Å²) in [6, 6.07) is 9.65. The third-order valence-electron chi connectivity index (χ3n) is 2.48. The first-order valence-electron chi connectivity index (χ1n) is 5.38. The standard InChI is InChI=1S/C13H14ClNOS/c1-9-4-5-10(14)11(7-9)15-8-12(16)13-3-2-6-17-13/h2-7,12,15-16H,8H2,1H3. The van der Waals surface area contributed by atoms with Crippen molar-refractivity contribution in [3.63, 3.8) is 0 Å². The molecule has 0 aliphatic carbocycles. The first kappa shape index (κ1) is 12.4. The molecule has 1 aromatic carbocycles. The van der Waals surface area contributed by atoms with Crippen molar-refractivity contribution in [2.75, 3.05) is 11.9 Å². The second-order valence-electron chi connectivity index (χ2n) is 3.90. The highest BCUT2D eigenvalue weighted by molar-refractivity contribution is 7.10. The summed E-state index contributed by atoms with van der Waals surface area (Å²) in [4.78, 5) is 0.960. The molecule has 1 unspecified atom stereocenters. The summed E-state index contributed by atoms with van der Waals surface area (Å²) in [5.41, 5.74) is 2.00. The van der Waals surface area contributed by atoms with E-state index in [-0.39, 0.29) is 0 Å². The molecule has 90 valence electrons. The molecule has 2 rings (SSSR count). The van der Waals surface area contributed by atoms with Gasteiger partial charge in [-0.2, -0.15) is 0 Å². The van der Waals surface area contributed by atoms with Crippen LogP contribution in [0.2, 0.25) is 5.02 Å². The number of aryl methyl sites for hydroxylation is 1. The Morgan fingerprint density at radius 3 is 2.94 bits per heavy atom. The van der Waals surface area contributed by atoms with Crippen molar-refractivity contribution in [1.82, 2.24) is 0 Å². The first-order valence-corrected chi connectivity index (χ1v) is 6.64. The molecular formula is C13H14ClNOS. The third kappa shape index (κ3) is 3.22. The van der Waals surface area contributed by atoms with E-state index in [0.717, 1.165) is 16.1 Å². The van der Waals surface area contributed by atoms with Crippen molar-refractivity contribution >= 4 is 28.6 Å². The van der Waals surface area contributed by atoms with Crippen molar-refractivity contribution in [3.05, 3.63) is 51.2 Å². The fraction of sp³-hybridized carbons (Fsp3) is 0.231. The molecule has 4 heteroatoms. The Bertz CT molecular complexity index is 484. The molecule has 1 heterocycles. The highest BCUT2D eigenvalue weighted by Gasteiger charge is 2.09. The molecule has 0 aliphatic rings. The molecule has 0 bridgehead atoms. The summed E-state index contributed by atoms with van der Waals surface area (Å²) < 4.78 is 0. The Labute approximate surface area is 110 Å². The molecule has 0 saturated carbocycles. The Kier molecular flexibility index (Phi) is 4.05. The molecule has 0 spiro atoms. The van der Waals surface area contributed by atoms with Crippen LogP contribution in [0.3, 0.4) is 0 Å². The van der Waals surface area contributed by atoms with Gasteiger partial charge in [-0.05, 0) is 36.1 Å². The normalized spacial score (nSPS) is 12.4. The highest BCUT2D eigenvalue weighted by Crippen LogP contribution is 2.24. The molecule has 2 N–H and O–H groups in total. The van der Waals surface area contributed by atoms with Crippen LogP contribution in [0.5, 0.6) is 0 Å². The first-order chi connectivity index (χ1) is 8.16. The number of aliphatic hydroxyl groups excluding tert-OH is 1. The third-order valence-corrected chi connectivity index (χ3v) is 3.78. The van der Waals surface area contributed by atoms with Crippen molar-refractivity contribution < 1.29 is 5.11 Å². The molecule has 0 amide bonds. The summed E-state index contributed by atoms with van der Waals surface area (Å²) in [5, 5.41) is 15.7. The molecule has 0 aliphatic heterocycles. The molecule has 0 radical (unpaired) electrons. The van der Waals surface area contributed by atoms with Crippen molar-refractivity contribution in [2.45, 2.75) is 13.0 Å². The lowest BCUT2D eigenvalue weighted by atomic mass is 10.2. The predicted molar refractivity (Wildman–Crippen MR) is 74.0 cm³/mol. The van der Waals surface area contributed by atoms with Gasteiger partial charge >= 0.3 is 0 Å². The van der Waals surface area contributed by atoms with Crippen LogP contribution >= 0.6 is 22.9 Å². The summed E-state index contributed by atoms with van der Waals surface area (Å²) in [7, 11) is 0. The monoisotopic (exact) mass is 267 g/mol. The maximum absolute atomic E-state index is 9.94. The smallest absolute Gasteiger partial charge is 0.105 e. The molecule has 1 aromatic heterocycles. The summed E-state index contributed by atoms with van der Waals surface area (Å²) in [6.07, 6.45) is -0.494. The predicted octanol–water partition coefficient (Wildman–Crippen LogP) is 3.86. The van der Waals surface area contributed by atoms with Crippen molar-refractivity contribution in [2.24, 2.45) is 0 Å². The molecule has 1 atom stereocenters. The second-order valence-corrected chi connectivity index (χ2v) is 5.28. The number of hydrogen-bond acceptors (Lipinski definition) is 3. The average Bonchev–Trinajstić information content (AvgIpc) is 2.83. The van der Waals surface area contributed by atoms with Gasteiger partial charge in [0.05, 0.1) is 10.7 Å². The maximum Gasteiger partial charge on any atom is 0.105 e. The minimum absolute atomic E-state index is 0.462. The zero-order chi connectivity index (χ0) is 12.3. The number of thiophene rings is 1. The van der Waals surface area contributed by atoms with Crippen LogP contribution in [-0.4, -0.2) is 11.7 Å². The molecule has 0 saturated heterocycles. The van der Waals surface area contributed by atoms with E-state index in [1.165, 1.54) is 0 Å². The van der Waals surface area contributed by atoms with Gasteiger partial charge in [0.25, 0.3) is 0 Å². The SMILES string of the molecule is Cc1ccc(Cl)c(NCC(O)c2cccs2)c1. The number of hydrogen-bond donors (Lipinski definition) is 2. The van der Waals surface area contributed by atoms with Gasteiger partial charge in [0.2, 0.25) is 0 Å². The topological polar surface area (TPSA) is 32.3 Å². The number of anilines is 1. The van der Waals surface area contributed by atoms with E-state index in [2.05, 4.69) is 5.32 Å². The van der Waals surface area contributed by atoms with Crippen LogP contribution in [-0.2, 0) is 0 Å². The van der Waals surface area contributed by atoms with E-state index in [4.69, 9.17) is 11.6 Å². The van der Waals surface area contributed by atoms with E-state index in [9.17, 15) is 5.11 Å². The zero-order valence-corrected chi connectivity index (χ0v) is 11.1. The van der Waals surface area contributed by atoms with Gasteiger partial charge in [-0.25, -0.2) is 0 Å². The lowest BCUT2D eigenvalue weighted by Gasteiger charge is -2.13. The maximum atomic E-state index is 9.94. The van der Waals surface area contributed by atoms with Crippen LogP contribution in [0.15, 0.2) is 35.7 Å². The van der Waals surface area contributed by atoms with E-state index in [1.807, 2.05) is 42.6 Å². The number of benzene rings is 1. The van der Waals surface area contributed by atoms with Gasteiger partial charge < -0.3 is 10.4 Å². The summed E-state index contributed by atoms with van der Waals surface area (Å²) in [5.74, 6) is 0. The fourth-order valence-electron chi connectivity index (χ4n) is 1.56. The second kappa shape index (κ2) is 5.54. The van der Waals surface area contributed by atoms with Crippen LogP contribution in [0, 0.1) is 6.92 Å². The largest absolute Gasteiger partial charge is 0.386 e. The Hall–Kier alpha value is -1.03. The highest BCUT2D eigenvalue weighted by atomic mass is 35.5. The van der Waals surface area contributed by atoms with E-state index < -0.39 is 6.10 Å². The van der Waals surface area contributed by atoms with E-state index in [1.54, 1.807) is 11.3 Å². The number of rotatable bonds is 4. The zero-order valence-electron chi connectivity index (χ0n) is 9.48. The van der Waals surface area contributed by atoms with Gasteiger partial charge in [-0.3, -0.25) is 0 Å².